The van der Waals surface area contributed by atoms with Crippen LogP contribution in [0.1, 0.15) is 44.2 Å². The number of halogens is 3. The van der Waals surface area contributed by atoms with Gasteiger partial charge in [-0.15, -0.1) is 0 Å². The third-order valence-electron chi connectivity index (χ3n) is 3.85. The first-order valence-corrected chi connectivity index (χ1v) is 6.67. The van der Waals surface area contributed by atoms with E-state index in [1.165, 1.54) is 0 Å². The van der Waals surface area contributed by atoms with E-state index in [9.17, 15) is 13.2 Å². The molecule has 6 heteroatoms. The molecule has 3 nitrogen and oxygen atoms in total. The Hall–Kier alpha value is -1.04. The predicted octanol–water partition coefficient (Wildman–Crippen LogP) is 3.19. The smallest absolute Gasteiger partial charge is 0.307 e. The molecular weight excluding hydrogens is 255 g/mol. The van der Waals surface area contributed by atoms with Gasteiger partial charge in [0.15, 0.2) is 0 Å². The number of nitrogens with one attached hydrogen (secondary N) is 1. The van der Waals surface area contributed by atoms with Crippen molar-refractivity contribution in [3.63, 3.8) is 0 Å². The van der Waals surface area contributed by atoms with Crippen molar-refractivity contribution in [1.82, 2.24) is 15.1 Å². The molecule has 1 aliphatic carbocycles. The Morgan fingerprint density at radius 2 is 2.16 bits per heavy atom. The van der Waals surface area contributed by atoms with Crippen LogP contribution in [0.25, 0.3) is 0 Å². The fraction of sp³-hybridized carbons (Fsp3) is 0.769. The standard InChI is InChI=1S/C13H20F3N3/c1-9(10-7-17-19(2)8-10)18-12-5-3-4-11(6-12)13(14,15)16/h7-9,11-12,18H,3-6H2,1-2H3. The molecule has 1 fully saturated rings. The number of aryl methyl sites for hydroxylation is 1. The van der Waals surface area contributed by atoms with E-state index in [1.54, 1.807) is 10.9 Å². The third-order valence-corrected chi connectivity index (χ3v) is 3.85. The first kappa shape index (κ1) is 14.4. The lowest BCUT2D eigenvalue weighted by atomic mass is 9.85. The highest BCUT2D eigenvalue weighted by Gasteiger charge is 2.42. The quantitative estimate of drug-likeness (QED) is 0.918. The second-order valence-electron chi connectivity index (χ2n) is 5.44. The first-order chi connectivity index (χ1) is 8.86. The summed E-state index contributed by atoms with van der Waals surface area (Å²) in [5, 5.41) is 7.38. The van der Waals surface area contributed by atoms with E-state index in [4.69, 9.17) is 0 Å². The van der Waals surface area contributed by atoms with E-state index in [0.29, 0.717) is 6.42 Å². The molecule has 0 amide bonds. The fourth-order valence-electron chi connectivity index (χ4n) is 2.75. The maximum atomic E-state index is 12.7. The highest BCUT2D eigenvalue weighted by Crippen LogP contribution is 2.38. The minimum atomic E-state index is -4.06. The number of rotatable bonds is 3. The molecular formula is C13H20F3N3. The van der Waals surface area contributed by atoms with Crippen molar-refractivity contribution < 1.29 is 13.2 Å². The molecule has 3 unspecified atom stereocenters. The van der Waals surface area contributed by atoms with Gasteiger partial charge < -0.3 is 5.32 Å². The summed E-state index contributed by atoms with van der Waals surface area (Å²) >= 11 is 0. The molecule has 1 N–H and O–H groups in total. The van der Waals surface area contributed by atoms with Crippen LogP contribution in [-0.2, 0) is 7.05 Å². The predicted molar refractivity (Wildman–Crippen MR) is 66.6 cm³/mol. The summed E-state index contributed by atoms with van der Waals surface area (Å²) in [6.45, 7) is 1.97. The first-order valence-electron chi connectivity index (χ1n) is 6.67. The Bertz CT molecular complexity index is 414. The lowest BCUT2D eigenvalue weighted by Crippen LogP contribution is -2.39. The summed E-state index contributed by atoms with van der Waals surface area (Å²) in [6, 6.07) is -0.0266. The van der Waals surface area contributed by atoms with Gasteiger partial charge in [-0.05, 0) is 26.2 Å². The Morgan fingerprint density at radius 1 is 1.42 bits per heavy atom. The Kier molecular flexibility index (Phi) is 4.18. The molecule has 1 aromatic rings. The maximum Gasteiger partial charge on any atom is 0.391 e. The van der Waals surface area contributed by atoms with Crippen molar-refractivity contribution in [2.24, 2.45) is 13.0 Å². The topological polar surface area (TPSA) is 29.9 Å². The molecule has 3 atom stereocenters. The molecule has 1 heterocycles. The number of nitrogens with zero attached hydrogens (tertiary/aromatic N) is 2. The normalized spacial score (nSPS) is 26.4. The van der Waals surface area contributed by atoms with Gasteiger partial charge in [0.05, 0.1) is 12.1 Å². The lowest BCUT2D eigenvalue weighted by molar-refractivity contribution is -0.183. The Balaban J connectivity index is 1.92. The average molecular weight is 275 g/mol. The van der Waals surface area contributed by atoms with Crippen molar-refractivity contribution >= 4 is 0 Å². The van der Waals surface area contributed by atoms with Crippen molar-refractivity contribution in [1.29, 1.82) is 0 Å². The monoisotopic (exact) mass is 275 g/mol. The highest BCUT2D eigenvalue weighted by molar-refractivity contribution is 5.09. The number of aromatic nitrogens is 2. The number of hydrogen-bond acceptors (Lipinski definition) is 2. The summed E-state index contributed by atoms with van der Waals surface area (Å²) in [6.07, 6.45) is 1.50. The van der Waals surface area contributed by atoms with Gasteiger partial charge in [0.2, 0.25) is 0 Å². The van der Waals surface area contributed by atoms with Crippen molar-refractivity contribution in [3.8, 4) is 0 Å². The van der Waals surface area contributed by atoms with Crippen LogP contribution in [0.5, 0.6) is 0 Å². The van der Waals surface area contributed by atoms with Crippen molar-refractivity contribution in [3.05, 3.63) is 18.0 Å². The van der Waals surface area contributed by atoms with Crippen LogP contribution in [0.15, 0.2) is 12.4 Å². The van der Waals surface area contributed by atoms with Gasteiger partial charge in [0.25, 0.3) is 0 Å². The van der Waals surface area contributed by atoms with Gasteiger partial charge in [-0.1, -0.05) is 6.42 Å². The van der Waals surface area contributed by atoms with Crippen LogP contribution in [0.2, 0.25) is 0 Å². The summed E-state index contributed by atoms with van der Waals surface area (Å²) in [5.41, 5.74) is 1.01. The highest BCUT2D eigenvalue weighted by atomic mass is 19.4. The van der Waals surface area contributed by atoms with Gasteiger partial charge in [-0.2, -0.15) is 18.3 Å². The van der Waals surface area contributed by atoms with Crippen LogP contribution in [-0.4, -0.2) is 22.0 Å². The number of hydrogen-bond donors (Lipinski definition) is 1. The summed E-state index contributed by atoms with van der Waals surface area (Å²) in [7, 11) is 1.83. The summed E-state index contributed by atoms with van der Waals surface area (Å²) < 4.78 is 39.9. The largest absolute Gasteiger partial charge is 0.391 e. The van der Waals surface area contributed by atoms with E-state index in [-0.39, 0.29) is 24.9 Å². The molecule has 108 valence electrons. The van der Waals surface area contributed by atoms with Gasteiger partial charge in [-0.3, -0.25) is 4.68 Å². The zero-order valence-corrected chi connectivity index (χ0v) is 11.2. The molecule has 2 rings (SSSR count). The Morgan fingerprint density at radius 3 is 2.74 bits per heavy atom. The molecule has 0 aliphatic heterocycles. The van der Waals surface area contributed by atoms with E-state index in [0.717, 1.165) is 12.0 Å². The fourth-order valence-corrected chi connectivity index (χ4v) is 2.75. The van der Waals surface area contributed by atoms with Crippen LogP contribution in [0.4, 0.5) is 13.2 Å². The molecule has 19 heavy (non-hydrogen) atoms. The second-order valence-corrected chi connectivity index (χ2v) is 5.44. The zero-order chi connectivity index (χ0) is 14.0. The molecule has 1 aliphatic rings. The van der Waals surface area contributed by atoms with Crippen LogP contribution < -0.4 is 5.32 Å². The van der Waals surface area contributed by atoms with Crippen LogP contribution >= 0.6 is 0 Å². The Labute approximate surface area is 111 Å². The second kappa shape index (κ2) is 5.53. The lowest BCUT2D eigenvalue weighted by Gasteiger charge is -2.32. The maximum absolute atomic E-state index is 12.7. The van der Waals surface area contributed by atoms with Gasteiger partial charge >= 0.3 is 6.18 Å². The van der Waals surface area contributed by atoms with Gasteiger partial charge in [-0.25, -0.2) is 0 Å². The van der Waals surface area contributed by atoms with Crippen molar-refractivity contribution in [2.75, 3.05) is 0 Å². The molecule has 0 saturated heterocycles. The molecule has 0 spiro atoms. The van der Waals surface area contributed by atoms with E-state index in [1.807, 2.05) is 20.2 Å². The molecule has 0 radical (unpaired) electrons. The summed E-state index contributed by atoms with van der Waals surface area (Å²) in [5.74, 6) is -1.15. The minimum Gasteiger partial charge on any atom is -0.307 e. The van der Waals surface area contributed by atoms with E-state index < -0.39 is 12.1 Å². The molecule has 0 aromatic carbocycles. The average Bonchev–Trinajstić information content (AvgIpc) is 2.75. The van der Waals surface area contributed by atoms with Crippen LogP contribution in [0.3, 0.4) is 0 Å². The van der Waals surface area contributed by atoms with Crippen molar-refractivity contribution in [2.45, 2.75) is 50.9 Å². The summed E-state index contributed by atoms with van der Waals surface area (Å²) in [4.78, 5) is 0. The molecule has 0 bridgehead atoms. The van der Waals surface area contributed by atoms with E-state index >= 15 is 0 Å². The zero-order valence-electron chi connectivity index (χ0n) is 11.2. The SMILES string of the molecule is CC(NC1CCCC(C(F)(F)F)C1)c1cnn(C)c1. The van der Waals surface area contributed by atoms with Gasteiger partial charge in [0, 0.05) is 30.9 Å². The third kappa shape index (κ3) is 3.72. The van der Waals surface area contributed by atoms with Crippen LogP contribution in [0, 0.1) is 5.92 Å². The minimum absolute atomic E-state index is 0.0330. The van der Waals surface area contributed by atoms with Gasteiger partial charge in [0.1, 0.15) is 0 Å². The van der Waals surface area contributed by atoms with E-state index in [2.05, 4.69) is 10.4 Å². The molecule has 1 aromatic heterocycles. The molecule has 1 saturated carbocycles. The number of alkyl halides is 3.